The molecule has 1 aliphatic rings. The van der Waals surface area contributed by atoms with Gasteiger partial charge in [-0.2, -0.15) is 0 Å². The van der Waals surface area contributed by atoms with Crippen LogP contribution in [0.4, 0.5) is 17.1 Å². The number of carbonyl (C=O) groups excluding carboxylic acids is 4. The van der Waals surface area contributed by atoms with Crippen LogP contribution in [0.5, 0.6) is 5.75 Å². The summed E-state index contributed by atoms with van der Waals surface area (Å²) in [7, 11) is 0. The summed E-state index contributed by atoms with van der Waals surface area (Å²) in [5, 5.41) is 16.2. The van der Waals surface area contributed by atoms with Gasteiger partial charge in [0, 0.05) is 25.1 Å². The van der Waals surface area contributed by atoms with Gasteiger partial charge in [0.15, 0.2) is 6.61 Å². The van der Waals surface area contributed by atoms with Gasteiger partial charge in [-0.3, -0.25) is 34.2 Å². The normalized spacial score (nSPS) is 12.4. The van der Waals surface area contributed by atoms with Crippen LogP contribution in [0.3, 0.4) is 0 Å². The summed E-state index contributed by atoms with van der Waals surface area (Å²) in [5.74, 6) is -2.04. The summed E-state index contributed by atoms with van der Waals surface area (Å²) in [5.41, 5.74) is 5.23. The number of carbonyl (C=O) groups is 4. The summed E-state index contributed by atoms with van der Waals surface area (Å²) in [6, 6.07) is 9.93. The molecular formula is C20H19N5O7. The zero-order chi connectivity index (χ0) is 23.3. The monoisotopic (exact) mass is 441 g/mol. The average molecular weight is 441 g/mol. The number of anilines is 2. The van der Waals surface area contributed by atoms with Crippen molar-refractivity contribution >= 4 is 40.7 Å². The van der Waals surface area contributed by atoms with Gasteiger partial charge >= 0.3 is 0 Å². The molecule has 3 rings (SSSR count). The second kappa shape index (κ2) is 9.55. The van der Waals surface area contributed by atoms with E-state index in [1.54, 1.807) is 12.1 Å². The minimum atomic E-state index is -0.630. The van der Waals surface area contributed by atoms with Crippen molar-refractivity contribution in [3.8, 4) is 5.75 Å². The van der Waals surface area contributed by atoms with Crippen LogP contribution in [0.15, 0.2) is 42.5 Å². The Kier molecular flexibility index (Phi) is 6.63. The molecule has 0 atom stereocenters. The number of benzene rings is 2. The summed E-state index contributed by atoms with van der Waals surface area (Å²) < 4.78 is 5.27. The summed E-state index contributed by atoms with van der Waals surface area (Å²) in [6.45, 7) is -0.737. The molecule has 4 N–H and O–H groups in total. The van der Waals surface area contributed by atoms with Gasteiger partial charge in [0.05, 0.1) is 21.9 Å². The number of hydrogen-bond donors (Lipinski definition) is 3. The fourth-order valence-corrected chi connectivity index (χ4v) is 3.00. The maximum atomic E-state index is 12.7. The molecule has 0 radical (unpaired) electrons. The van der Waals surface area contributed by atoms with E-state index >= 15 is 0 Å². The zero-order valence-electron chi connectivity index (χ0n) is 16.7. The molecule has 0 fully saturated rings. The van der Waals surface area contributed by atoms with E-state index in [0.717, 1.165) is 11.0 Å². The number of rotatable bonds is 8. The summed E-state index contributed by atoms with van der Waals surface area (Å²) in [4.78, 5) is 59.7. The van der Waals surface area contributed by atoms with Crippen molar-refractivity contribution in [2.45, 2.75) is 6.42 Å². The Hall–Kier alpha value is -4.48. The van der Waals surface area contributed by atoms with Gasteiger partial charge in [-0.25, -0.2) is 0 Å². The van der Waals surface area contributed by atoms with Crippen LogP contribution in [0.25, 0.3) is 0 Å². The Morgan fingerprint density at radius 3 is 2.66 bits per heavy atom. The Balaban J connectivity index is 1.75. The van der Waals surface area contributed by atoms with Gasteiger partial charge in [0.25, 0.3) is 17.5 Å². The highest BCUT2D eigenvalue weighted by atomic mass is 16.6. The Labute approximate surface area is 181 Å². The van der Waals surface area contributed by atoms with E-state index in [2.05, 4.69) is 10.6 Å². The number of nitrogens with one attached hydrogen (secondary N) is 2. The number of ether oxygens (including phenoxy) is 1. The van der Waals surface area contributed by atoms with E-state index in [-0.39, 0.29) is 47.9 Å². The molecule has 0 saturated carbocycles. The van der Waals surface area contributed by atoms with Crippen LogP contribution in [0.1, 0.15) is 16.8 Å². The van der Waals surface area contributed by atoms with Crippen LogP contribution >= 0.6 is 0 Å². The first-order valence-corrected chi connectivity index (χ1v) is 9.43. The van der Waals surface area contributed by atoms with E-state index in [1.165, 1.54) is 24.3 Å². The lowest BCUT2D eigenvalue weighted by Crippen LogP contribution is -2.43. The summed E-state index contributed by atoms with van der Waals surface area (Å²) in [6.07, 6.45) is -0.0368. The maximum absolute atomic E-state index is 12.7. The third-order valence-corrected chi connectivity index (χ3v) is 4.50. The Morgan fingerprint density at radius 2 is 1.94 bits per heavy atom. The summed E-state index contributed by atoms with van der Waals surface area (Å²) >= 11 is 0. The van der Waals surface area contributed by atoms with Crippen LogP contribution in [-0.2, 0) is 14.4 Å². The minimum absolute atomic E-state index is 0.0360. The van der Waals surface area contributed by atoms with Gasteiger partial charge in [-0.15, -0.1) is 0 Å². The second-order valence-electron chi connectivity index (χ2n) is 6.74. The average Bonchev–Trinajstić information content (AvgIpc) is 2.75. The zero-order valence-corrected chi connectivity index (χ0v) is 16.7. The number of para-hydroxylation sites is 1. The molecule has 0 saturated heterocycles. The Bertz CT molecular complexity index is 1100. The molecular weight excluding hydrogens is 422 g/mol. The van der Waals surface area contributed by atoms with Crippen LogP contribution in [0, 0.1) is 10.1 Å². The van der Waals surface area contributed by atoms with E-state index in [1.807, 2.05) is 0 Å². The molecule has 32 heavy (non-hydrogen) atoms. The number of nitro groups is 1. The minimum Gasteiger partial charge on any atom is -0.482 e. The molecule has 4 amide bonds. The molecule has 1 aliphatic heterocycles. The Morgan fingerprint density at radius 1 is 1.19 bits per heavy atom. The smallest absolute Gasteiger partial charge is 0.271 e. The SMILES string of the molecule is NC(=O)CCNC(=O)c1ccccc1NC(=O)CN1C(=O)COc2ccc([N+](=O)[O-])cc21. The largest absolute Gasteiger partial charge is 0.482 e. The van der Waals surface area contributed by atoms with Crippen molar-refractivity contribution in [2.24, 2.45) is 5.73 Å². The number of nitro benzene ring substituents is 1. The molecule has 0 unspecified atom stereocenters. The van der Waals surface area contributed by atoms with E-state index < -0.39 is 35.1 Å². The van der Waals surface area contributed by atoms with Crippen LogP contribution in [0.2, 0.25) is 0 Å². The number of primary amides is 1. The molecule has 12 heteroatoms. The van der Waals surface area contributed by atoms with Crippen molar-refractivity contribution in [1.29, 1.82) is 0 Å². The molecule has 0 aliphatic carbocycles. The predicted molar refractivity (Wildman–Crippen MR) is 112 cm³/mol. The number of fused-ring (bicyclic) bond motifs is 1. The lowest BCUT2D eigenvalue weighted by Gasteiger charge is -2.28. The van der Waals surface area contributed by atoms with Crippen molar-refractivity contribution < 1.29 is 28.8 Å². The third kappa shape index (κ3) is 5.16. The van der Waals surface area contributed by atoms with Gasteiger partial charge in [0.2, 0.25) is 11.8 Å². The maximum Gasteiger partial charge on any atom is 0.271 e. The fraction of sp³-hybridized carbons (Fsp3) is 0.200. The van der Waals surface area contributed by atoms with E-state index in [9.17, 15) is 29.3 Å². The number of nitrogens with zero attached hydrogens (tertiary/aromatic N) is 2. The molecule has 1 heterocycles. The molecule has 2 aromatic carbocycles. The third-order valence-electron chi connectivity index (χ3n) is 4.50. The van der Waals surface area contributed by atoms with E-state index in [0.29, 0.717) is 0 Å². The fourth-order valence-electron chi connectivity index (χ4n) is 3.00. The molecule has 0 aromatic heterocycles. The number of nitrogens with two attached hydrogens (primary N) is 1. The molecule has 0 spiro atoms. The highest BCUT2D eigenvalue weighted by Crippen LogP contribution is 2.35. The van der Waals surface area contributed by atoms with Gasteiger partial charge in [0.1, 0.15) is 12.3 Å². The molecule has 12 nitrogen and oxygen atoms in total. The number of amides is 4. The molecule has 0 bridgehead atoms. The number of hydrogen-bond acceptors (Lipinski definition) is 7. The van der Waals surface area contributed by atoms with Gasteiger partial charge in [-0.1, -0.05) is 12.1 Å². The first-order chi connectivity index (χ1) is 15.3. The van der Waals surface area contributed by atoms with Crippen LogP contribution < -0.4 is 26.0 Å². The second-order valence-corrected chi connectivity index (χ2v) is 6.74. The van der Waals surface area contributed by atoms with Crippen molar-refractivity contribution in [2.75, 3.05) is 29.9 Å². The quantitative estimate of drug-likeness (QED) is 0.396. The van der Waals surface area contributed by atoms with Crippen molar-refractivity contribution in [3.05, 3.63) is 58.1 Å². The lowest BCUT2D eigenvalue weighted by molar-refractivity contribution is -0.384. The highest BCUT2D eigenvalue weighted by Gasteiger charge is 2.29. The van der Waals surface area contributed by atoms with Crippen LogP contribution in [-0.4, -0.2) is 48.2 Å². The van der Waals surface area contributed by atoms with E-state index in [4.69, 9.17) is 10.5 Å². The highest BCUT2D eigenvalue weighted by molar-refractivity contribution is 6.08. The number of non-ortho nitro benzene ring substituents is 1. The molecule has 2 aromatic rings. The molecule has 166 valence electrons. The standard InChI is InChI=1S/C20H19N5O7/c21-17(26)7-8-22-20(29)13-3-1-2-4-14(13)23-18(27)10-24-15-9-12(25(30)31)5-6-16(15)32-11-19(24)28/h1-6,9H,7-8,10-11H2,(H2,21,26)(H,22,29)(H,23,27). The lowest BCUT2D eigenvalue weighted by atomic mass is 10.1. The predicted octanol–water partition coefficient (Wildman–Crippen LogP) is 0.564. The van der Waals surface area contributed by atoms with Gasteiger partial charge < -0.3 is 21.1 Å². The van der Waals surface area contributed by atoms with Crippen molar-refractivity contribution in [1.82, 2.24) is 5.32 Å². The first-order valence-electron chi connectivity index (χ1n) is 9.43. The van der Waals surface area contributed by atoms with Crippen molar-refractivity contribution in [3.63, 3.8) is 0 Å². The topological polar surface area (TPSA) is 174 Å². The van der Waals surface area contributed by atoms with Gasteiger partial charge in [-0.05, 0) is 18.2 Å². The first kappa shape index (κ1) is 22.2.